The summed E-state index contributed by atoms with van der Waals surface area (Å²) in [6.07, 6.45) is 0. The Bertz CT molecular complexity index is 515. The van der Waals surface area contributed by atoms with Crippen LogP contribution in [-0.2, 0) is 0 Å². The Labute approximate surface area is 84.0 Å². The molecule has 0 fully saturated rings. The summed E-state index contributed by atoms with van der Waals surface area (Å²) in [5, 5.41) is 1.62. The van der Waals surface area contributed by atoms with Crippen LogP contribution in [-0.4, -0.2) is 4.98 Å². The lowest BCUT2D eigenvalue weighted by Crippen LogP contribution is -1.93. The molecule has 0 unspecified atom stereocenters. The minimum absolute atomic E-state index is 0.167. The maximum Gasteiger partial charge on any atom is 0.304 e. The second kappa shape index (κ2) is 3.38. The van der Waals surface area contributed by atoms with Crippen molar-refractivity contribution < 1.29 is 4.39 Å². The zero-order chi connectivity index (χ0) is 10.1. The lowest BCUT2D eigenvalue weighted by Gasteiger charge is -2.00. The molecule has 0 bridgehead atoms. The van der Waals surface area contributed by atoms with E-state index in [0.717, 1.165) is 16.9 Å². The number of aromatic nitrogens is 1. The number of hydrogen-bond acceptors (Lipinski definition) is 2. The van der Waals surface area contributed by atoms with E-state index in [1.807, 2.05) is 13.0 Å². The first-order valence-electron chi connectivity index (χ1n) is 4.11. The fourth-order valence-corrected chi connectivity index (χ4v) is 1.83. The molecule has 1 N–H and O–H groups in total. The monoisotopic (exact) mass is 209 g/mol. The Morgan fingerprint density at radius 3 is 2.79 bits per heavy atom. The Kier molecular flexibility index (Phi) is 2.21. The van der Waals surface area contributed by atoms with E-state index >= 15 is 0 Å². The van der Waals surface area contributed by atoms with Crippen LogP contribution in [0.2, 0.25) is 0 Å². The molecule has 0 atom stereocenters. The number of benzene rings is 1. The SMILES string of the molecule is Cc1ccc(-c2csc(=O)[nH]2)c(F)c1. The fourth-order valence-electron chi connectivity index (χ4n) is 1.25. The van der Waals surface area contributed by atoms with Gasteiger partial charge < -0.3 is 4.98 Å². The molecule has 0 saturated heterocycles. The van der Waals surface area contributed by atoms with Crippen molar-refractivity contribution in [2.24, 2.45) is 0 Å². The van der Waals surface area contributed by atoms with E-state index in [9.17, 15) is 9.18 Å². The first kappa shape index (κ1) is 9.15. The summed E-state index contributed by atoms with van der Waals surface area (Å²) in [4.78, 5) is 13.3. The van der Waals surface area contributed by atoms with E-state index in [1.54, 1.807) is 11.4 Å². The zero-order valence-corrected chi connectivity index (χ0v) is 8.32. The van der Waals surface area contributed by atoms with Crippen molar-refractivity contribution in [1.82, 2.24) is 4.98 Å². The molecule has 2 rings (SSSR count). The van der Waals surface area contributed by atoms with Crippen molar-refractivity contribution >= 4 is 11.3 Å². The largest absolute Gasteiger partial charge is 0.312 e. The van der Waals surface area contributed by atoms with Gasteiger partial charge in [0.15, 0.2) is 0 Å². The van der Waals surface area contributed by atoms with Gasteiger partial charge in [-0.1, -0.05) is 17.4 Å². The molecule has 0 radical (unpaired) electrons. The van der Waals surface area contributed by atoms with Gasteiger partial charge in [-0.3, -0.25) is 4.79 Å². The molecule has 2 nitrogen and oxygen atoms in total. The molecule has 2 aromatic rings. The minimum atomic E-state index is -0.306. The van der Waals surface area contributed by atoms with Gasteiger partial charge in [0, 0.05) is 10.9 Å². The molecular formula is C10H8FNOS. The van der Waals surface area contributed by atoms with Crippen LogP contribution in [0.5, 0.6) is 0 Å². The maximum absolute atomic E-state index is 13.4. The van der Waals surface area contributed by atoms with Crippen LogP contribution in [0.4, 0.5) is 4.39 Å². The highest BCUT2D eigenvalue weighted by Crippen LogP contribution is 2.21. The van der Waals surface area contributed by atoms with Crippen LogP contribution >= 0.6 is 11.3 Å². The van der Waals surface area contributed by atoms with E-state index in [4.69, 9.17) is 0 Å². The van der Waals surface area contributed by atoms with Crippen LogP contribution in [0.25, 0.3) is 11.3 Å². The maximum atomic E-state index is 13.4. The van der Waals surface area contributed by atoms with Crippen molar-refractivity contribution in [2.75, 3.05) is 0 Å². The summed E-state index contributed by atoms with van der Waals surface area (Å²) in [7, 11) is 0. The first-order valence-corrected chi connectivity index (χ1v) is 4.99. The quantitative estimate of drug-likeness (QED) is 0.769. The highest BCUT2D eigenvalue weighted by Gasteiger charge is 2.06. The Morgan fingerprint density at radius 1 is 1.43 bits per heavy atom. The van der Waals surface area contributed by atoms with Crippen LogP contribution in [0, 0.1) is 12.7 Å². The summed E-state index contributed by atoms with van der Waals surface area (Å²) in [5.41, 5.74) is 1.84. The van der Waals surface area contributed by atoms with Gasteiger partial charge in [0.2, 0.25) is 0 Å². The number of halogens is 1. The van der Waals surface area contributed by atoms with Crippen LogP contribution < -0.4 is 4.87 Å². The summed E-state index contributed by atoms with van der Waals surface area (Å²) in [6, 6.07) is 4.93. The fraction of sp³-hybridized carbons (Fsp3) is 0.100. The average Bonchev–Trinajstić information content (AvgIpc) is 2.51. The van der Waals surface area contributed by atoms with E-state index < -0.39 is 0 Å². The number of thiazole rings is 1. The normalized spacial score (nSPS) is 10.4. The van der Waals surface area contributed by atoms with Crippen molar-refractivity contribution in [3.8, 4) is 11.3 Å². The number of nitrogens with one attached hydrogen (secondary N) is 1. The van der Waals surface area contributed by atoms with Gasteiger partial charge in [0.25, 0.3) is 0 Å². The number of aromatic amines is 1. The Balaban J connectivity index is 2.57. The lowest BCUT2D eigenvalue weighted by molar-refractivity contribution is 0.629. The number of aryl methyl sites for hydroxylation is 1. The molecule has 0 aliphatic carbocycles. The topological polar surface area (TPSA) is 32.9 Å². The van der Waals surface area contributed by atoms with E-state index in [2.05, 4.69) is 4.98 Å². The van der Waals surface area contributed by atoms with Gasteiger partial charge in [-0.15, -0.1) is 0 Å². The van der Waals surface area contributed by atoms with Crippen LogP contribution in [0.15, 0.2) is 28.4 Å². The second-order valence-corrected chi connectivity index (χ2v) is 3.89. The van der Waals surface area contributed by atoms with Gasteiger partial charge in [0.05, 0.1) is 5.69 Å². The minimum Gasteiger partial charge on any atom is -0.312 e. The Morgan fingerprint density at radius 2 is 2.21 bits per heavy atom. The predicted molar refractivity (Wildman–Crippen MR) is 55.1 cm³/mol. The van der Waals surface area contributed by atoms with Gasteiger partial charge in [-0.05, 0) is 24.6 Å². The summed E-state index contributed by atoms with van der Waals surface area (Å²) in [6.45, 7) is 1.82. The van der Waals surface area contributed by atoms with Gasteiger partial charge >= 0.3 is 4.87 Å². The van der Waals surface area contributed by atoms with Gasteiger partial charge in [-0.2, -0.15) is 0 Å². The number of H-pyrrole nitrogens is 1. The smallest absolute Gasteiger partial charge is 0.304 e. The van der Waals surface area contributed by atoms with Gasteiger partial charge in [0.1, 0.15) is 5.82 Å². The highest BCUT2D eigenvalue weighted by molar-refractivity contribution is 7.07. The molecule has 1 aromatic heterocycles. The molecule has 0 aliphatic heterocycles. The highest BCUT2D eigenvalue weighted by atomic mass is 32.1. The summed E-state index contributed by atoms with van der Waals surface area (Å²) >= 11 is 1.03. The Hall–Kier alpha value is -1.42. The third-order valence-electron chi connectivity index (χ3n) is 1.94. The van der Waals surface area contributed by atoms with Gasteiger partial charge in [-0.25, -0.2) is 4.39 Å². The molecule has 0 spiro atoms. The average molecular weight is 209 g/mol. The molecule has 0 saturated carbocycles. The number of hydrogen-bond donors (Lipinski definition) is 1. The van der Waals surface area contributed by atoms with E-state index in [0.29, 0.717) is 11.3 Å². The van der Waals surface area contributed by atoms with E-state index in [-0.39, 0.29) is 10.7 Å². The molecule has 72 valence electrons. The number of rotatable bonds is 1. The van der Waals surface area contributed by atoms with Crippen molar-refractivity contribution in [2.45, 2.75) is 6.92 Å². The summed E-state index contributed by atoms with van der Waals surface area (Å²) in [5.74, 6) is -0.306. The third kappa shape index (κ3) is 1.61. The van der Waals surface area contributed by atoms with Crippen LogP contribution in [0.3, 0.4) is 0 Å². The molecule has 1 heterocycles. The molecule has 0 aliphatic rings. The standard InChI is InChI=1S/C10H8FNOS/c1-6-2-3-7(8(11)4-6)9-5-14-10(13)12-9/h2-5H,1H3,(H,12,13). The predicted octanol–water partition coefficient (Wildman–Crippen LogP) is 2.55. The third-order valence-corrected chi connectivity index (χ3v) is 2.60. The lowest BCUT2D eigenvalue weighted by atomic mass is 10.1. The molecule has 1 aromatic carbocycles. The zero-order valence-electron chi connectivity index (χ0n) is 7.50. The van der Waals surface area contributed by atoms with Crippen molar-refractivity contribution in [1.29, 1.82) is 0 Å². The van der Waals surface area contributed by atoms with Crippen LogP contribution in [0.1, 0.15) is 5.56 Å². The molecule has 4 heteroatoms. The second-order valence-electron chi connectivity index (χ2n) is 3.05. The van der Waals surface area contributed by atoms with Crippen molar-refractivity contribution in [3.63, 3.8) is 0 Å². The van der Waals surface area contributed by atoms with Crippen molar-refractivity contribution in [3.05, 3.63) is 44.6 Å². The molecule has 14 heavy (non-hydrogen) atoms. The summed E-state index contributed by atoms with van der Waals surface area (Å²) < 4.78 is 13.4. The molecule has 0 amide bonds. The van der Waals surface area contributed by atoms with E-state index in [1.165, 1.54) is 6.07 Å². The molecular weight excluding hydrogens is 201 g/mol. The first-order chi connectivity index (χ1) is 6.66.